The minimum absolute atomic E-state index is 0.157. The van der Waals surface area contributed by atoms with Gasteiger partial charge in [0.2, 0.25) is 0 Å². The van der Waals surface area contributed by atoms with Crippen molar-refractivity contribution in [1.29, 1.82) is 0 Å². The summed E-state index contributed by atoms with van der Waals surface area (Å²) in [7, 11) is 0. The molecular formula is C11H10ClF3. The third-order valence-corrected chi connectivity index (χ3v) is 3.20. The molecule has 0 aliphatic heterocycles. The van der Waals surface area contributed by atoms with Gasteiger partial charge in [-0.25, -0.2) is 0 Å². The zero-order valence-corrected chi connectivity index (χ0v) is 8.70. The first-order chi connectivity index (χ1) is 6.98. The average Bonchev–Trinajstić information content (AvgIpc) is 2.61. The molecule has 0 bridgehead atoms. The molecule has 0 N–H and O–H groups in total. The fourth-order valence-corrected chi connectivity index (χ4v) is 2.07. The Labute approximate surface area is 91.1 Å². The molecule has 1 atom stereocenters. The van der Waals surface area contributed by atoms with E-state index in [2.05, 4.69) is 0 Å². The van der Waals surface area contributed by atoms with Crippen molar-refractivity contribution in [2.75, 3.05) is 0 Å². The molecule has 0 heterocycles. The number of rotatable bonds is 1. The fourth-order valence-electron chi connectivity index (χ4n) is 1.94. The van der Waals surface area contributed by atoms with Gasteiger partial charge < -0.3 is 0 Å². The van der Waals surface area contributed by atoms with Gasteiger partial charge in [0.15, 0.2) is 5.38 Å². The molecular weight excluding hydrogens is 225 g/mol. The summed E-state index contributed by atoms with van der Waals surface area (Å²) < 4.78 is 37.1. The quantitative estimate of drug-likeness (QED) is 0.644. The number of hydrogen-bond acceptors (Lipinski definition) is 0. The number of aryl methyl sites for hydroxylation is 2. The second-order valence-electron chi connectivity index (χ2n) is 3.79. The van der Waals surface area contributed by atoms with Crippen molar-refractivity contribution in [2.24, 2.45) is 0 Å². The Morgan fingerprint density at radius 3 is 2.47 bits per heavy atom. The van der Waals surface area contributed by atoms with Crippen LogP contribution in [0.3, 0.4) is 0 Å². The maximum Gasteiger partial charge on any atom is 0.408 e. The van der Waals surface area contributed by atoms with Crippen molar-refractivity contribution in [3.8, 4) is 0 Å². The summed E-state index contributed by atoms with van der Waals surface area (Å²) in [4.78, 5) is 0. The summed E-state index contributed by atoms with van der Waals surface area (Å²) in [6.45, 7) is 0. The van der Waals surface area contributed by atoms with Crippen molar-refractivity contribution in [3.63, 3.8) is 0 Å². The molecule has 82 valence electrons. The minimum Gasteiger partial charge on any atom is -0.169 e. The highest BCUT2D eigenvalue weighted by Crippen LogP contribution is 2.39. The Morgan fingerprint density at radius 1 is 1.13 bits per heavy atom. The van der Waals surface area contributed by atoms with Crippen LogP contribution < -0.4 is 0 Å². The van der Waals surface area contributed by atoms with Crippen molar-refractivity contribution in [3.05, 3.63) is 34.9 Å². The van der Waals surface area contributed by atoms with Crippen LogP contribution in [0.2, 0.25) is 0 Å². The van der Waals surface area contributed by atoms with E-state index >= 15 is 0 Å². The van der Waals surface area contributed by atoms with Crippen molar-refractivity contribution >= 4 is 11.6 Å². The lowest BCUT2D eigenvalue weighted by Crippen LogP contribution is -2.15. The van der Waals surface area contributed by atoms with E-state index in [1.54, 1.807) is 12.1 Å². The zero-order chi connectivity index (χ0) is 11.1. The van der Waals surface area contributed by atoms with E-state index in [4.69, 9.17) is 11.6 Å². The summed E-state index contributed by atoms with van der Waals surface area (Å²) in [5.74, 6) is 0. The molecule has 1 aromatic rings. The van der Waals surface area contributed by atoms with E-state index in [-0.39, 0.29) is 5.56 Å². The van der Waals surface area contributed by atoms with Crippen LogP contribution in [0.1, 0.15) is 28.5 Å². The maximum absolute atomic E-state index is 12.4. The topological polar surface area (TPSA) is 0 Å². The van der Waals surface area contributed by atoms with Gasteiger partial charge in [0.05, 0.1) is 0 Å². The molecule has 0 nitrogen and oxygen atoms in total. The summed E-state index contributed by atoms with van der Waals surface area (Å²) in [6.07, 6.45) is -1.51. The van der Waals surface area contributed by atoms with Gasteiger partial charge in [-0.2, -0.15) is 13.2 Å². The monoisotopic (exact) mass is 234 g/mol. The fraction of sp³-hybridized carbons (Fsp3) is 0.455. The Bertz CT molecular complexity index is 371. The van der Waals surface area contributed by atoms with Crippen molar-refractivity contribution in [2.45, 2.75) is 30.8 Å². The third-order valence-electron chi connectivity index (χ3n) is 2.70. The van der Waals surface area contributed by atoms with Crippen LogP contribution in [0.4, 0.5) is 13.2 Å². The number of hydrogen-bond donors (Lipinski definition) is 0. The highest BCUT2D eigenvalue weighted by atomic mass is 35.5. The van der Waals surface area contributed by atoms with Crippen LogP contribution >= 0.6 is 11.6 Å². The first-order valence-electron chi connectivity index (χ1n) is 4.81. The van der Waals surface area contributed by atoms with Gasteiger partial charge in [0, 0.05) is 0 Å². The van der Waals surface area contributed by atoms with Crippen LogP contribution in [-0.2, 0) is 12.8 Å². The highest BCUT2D eigenvalue weighted by Gasteiger charge is 2.39. The van der Waals surface area contributed by atoms with Gasteiger partial charge in [-0.1, -0.05) is 18.2 Å². The van der Waals surface area contributed by atoms with E-state index in [9.17, 15) is 13.2 Å². The summed E-state index contributed by atoms with van der Waals surface area (Å²) >= 11 is 5.36. The van der Waals surface area contributed by atoms with E-state index in [0.29, 0.717) is 0 Å². The smallest absolute Gasteiger partial charge is 0.169 e. The van der Waals surface area contributed by atoms with Gasteiger partial charge in [0.25, 0.3) is 0 Å². The number of halogens is 4. The molecule has 1 aliphatic carbocycles. The van der Waals surface area contributed by atoms with Crippen LogP contribution in [0.15, 0.2) is 18.2 Å². The Balaban J connectivity index is 2.31. The van der Waals surface area contributed by atoms with Gasteiger partial charge >= 0.3 is 6.18 Å². The summed E-state index contributed by atoms with van der Waals surface area (Å²) in [5, 5.41) is -1.89. The molecule has 0 amide bonds. The standard InChI is InChI=1S/C11H10ClF3/c12-10(11(13,14)15)9-5-4-7-2-1-3-8(7)6-9/h4-6,10H,1-3H2. The number of benzene rings is 1. The minimum atomic E-state index is -4.37. The largest absolute Gasteiger partial charge is 0.408 e. The van der Waals surface area contributed by atoms with Crippen LogP contribution in [0.25, 0.3) is 0 Å². The second kappa shape index (κ2) is 3.71. The van der Waals surface area contributed by atoms with Gasteiger partial charge in [-0.05, 0) is 36.0 Å². The van der Waals surface area contributed by atoms with Gasteiger partial charge in [-0.15, -0.1) is 11.6 Å². The first kappa shape index (κ1) is 10.8. The predicted molar refractivity (Wildman–Crippen MR) is 53.1 cm³/mol. The molecule has 0 radical (unpaired) electrons. The maximum atomic E-state index is 12.4. The van der Waals surface area contributed by atoms with E-state index < -0.39 is 11.6 Å². The molecule has 4 heteroatoms. The molecule has 0 fully saturated rings. The number of fused-ring (bicyclic) bond motifs is 1. The molecule has 1 unspecified atom stereocenters. The normalized spacial score (nSPS) is 17.6. The summed E-state index contributed by atoms with van der Waals surface area (Å²) in [5.41, 5.74) is 2.33. The Hall–Kier alpha value is -0.700. The Morgan fingerprint density at radius 2 is 1.80 bits per heavy atom. The Kier molecular flexibility index (Phi) is 2.67. The molecule has 1 aliphatic rings. The third kappa shape index (κ3) is 2.12. The zero-order valence-electron chi connectivity index (χ0n) is 7.94. The van der Waals surface area contributed by atoms with E-state index in [1.165, 1.54) is 6.07 Å². The van der Waals surface area contributed by atoms with E-state index in [0.717, 1.165) is 30.4 Å². The van der Waals surface area contributed by atoms with Gasteiger partial charge in [0.1, 0.15) is 0 Å². The molecule has 0 spiro atoms. The van der Waals surface area contributed by atoms with Crippen LogP contribution in [0, 0.1) is 0 Å². The average molecular weight is 235 g/mol. The SMILES string of the molecule is FC(F)(F)C(Cl)c1ccc2c(c1)CCC2. The molecule has 0 saturated carbocycles. The molecule has 2 rings (SSSR count). The van der Waals surface area contributed by atoms with E-state index in [1.807, 2.05) is 0 Å². The number of alkyl halides is 4. The molecule has 1 aromatic carbocycles. The predicted octanol–water partition coefficient (Wildman–Crippen LogP) is 4.02. The second-order valence-corrected chi connectivity index (χ2v) is 4.22. The van der Waals surface area contributed by atoms with Crippen molar-refractivity contribution < 1.29 is 13.2 Å². The van der Waals surface area contributed by atoms with Crippen LogP contribution in [0.5, 0.6) is 0 Å². The molecule has 0 saturated heterocycles. The highest BCUT2D eigenvalue weighted by molar-refractivity contribution is 6.21. The molecule has 15 heavy (non-hydrogen) atoms. The van der Waals surface area contributed by atoms with Crippen LogP contribution in [-0.4, -0.2) is 6.18 Å². The summed E-state index contributed by atoms with van der Waals surface area (Å²) in [6, 6.07) is 4.83. The lowest BCUT2D eigenvalue weighted by atomic mass is 10.0. The van der Waals surface area contributed by atoms with Gasteiger partial charge in [-0.3, -0.25) is 0 Å². The lowest BCUT2D eigenvalue weighted by molar-refractivity contribution is -0.131. The van der Waals surface area contributed by atoms with Crippen molar-refractivity contribution in [1.82, 2.24) is 0 Å². The lowest BCUT2D eigenvalue weighted by Gasteiger charge is -2.14. The molecule has 0 aromatic heterocycles. The first-order valence-corrected chi connectivity index (χ1v) is 5.24.